The van der Waals surface area contributed by atoms with Gasteiger partial charge in [0.25, 0.3) is 11.8 Å². The van der Waals surface area contributed by atoms with Crippen molar-refractivity contribution in [3.63, 3.8) is 0 Å². The van der Waals surface area contributed by atoms with Gasteiger partial charge in [-0.2, -0.15) is 5.10 Å². The Morgan fingerprint density at radius 1 is 0.825 bits per heavy atom. The molecule has 9 heteroatoms. The van der Waals surface area contributed by atoms with Crippen molar-refractivity contribution in [3.05, 3.63) is 99.8 Å². The quantitative estimate of drug-likeness (QED) is 0.236. The Bertz CT molecular complexity index is 1810. The largest absolute Gasteiger partial charge is 0.342 e. The normalized spacial score (nSPS) is 13.8. The molecule has 0 saturated carbocycles. The SMILES string of the molecule is CN(C)CCCn1nc(C2=C(c3cn(Cc4c(Cl)cccc4Cl)c4ccccc34)C(=O)NC2=O)c2ccccc21. The zero-order valence-corrected chi connectivity index (χ0v) is 23.6. The van der Waals surface area contributed by atoms with E-state index in [1.165, 1.54) is 0 Å². The predicted molar refractivity (Wildman–Crippen MR) is 160 cm³/mol. The fraction of sp³-hybridized carbons (Fsp3) is 0.194. The summed E-state index contributed by atoms with van der Waals surface area (Å²) in [6, 6.07) is 21.0. The molecule has 2 aromatic heterocycles. The minimum Gasteiger partial charge on any atom is -0.342 e. The highest BCUT2D eigenvalue weighted by Gasteiger charge is 2.36. The van der Waals surface area contributed by atoms with Crippen LogP contribution in [-0.4, -0.2) is 51.7 Å². The Morgan fingerprint density at radius 3 is 2.20 bits per heavy atom. The maximum Gasteiger partial charge on any atom is 0.261 e. The van der Waals surface area contributed by atoms with E-state index in [0.29, 0.717) is 40.0 Å². The van der Waals surface area contributed by atoms with Gasteiger partial charge < -0.3 is 9.47 Å². The van der Waals surface area contributed by atoms with Crippen molar-refractivity contribution in [3.8, 4) is 0 Å². The molecule has 0 aliphatic carbocycles. The molecule has 0 saturated heterocycles. The molecule has 202 valence electrons. The summed E-state index contributed by atoms with van der Waals surface area (Å²) in [5.74, 6) is -0.889. The number of hydrogen-bond donors (Lipinski definition) is 1. The number of nitrogens with zero attached hydrogens (tertiary/aromatic N) is 4. The van der Waals surface area contributed by atoms with E-state index in [2.05, 4.69) is 10.2 Å². The lowest BCUT2D eigenvalue weighted by atomic mass is 9.97. The second-order valence-electron chi connectivity index (χ2n) is 10.2. The molecule has 40 heavy (non-hydrogen) atoms. The van der Waals surface area contributed by atoms with Crippen LogP contribution in [0.15, 0.2) is 72.9 Å². The number of amides is 2. The summed E-state index contributed by atoms with van der Waals surface area (Å²) in [5, 5.41) is 10.2. The van der Waals surface area contributed by atoms with Gasteiger partial charge in [0.15, 0.2) is 0 Å². The van der Waals surface area contributed by atoms with Gasteiger partial charge >= 0.3 is 0 Å². The number of rotatable bonds is 8. The minimum atomic E-state index is -0.449. The van der Waals surface area contributed by atoms with Crippen LogP contribution in [-0.2, 0) is 22.7 Å². The third-order valence-electron chi connectivity index (χ3n) is 7.25. The minimum absolute atomic E-state index is 0.284. The summed E-state index contributed by atoms with van der Waals surface area (Å²) >= 11 is 13.0. The van der Waals surface area contributed by atoms with Crippen LogP contribution >= 0.6 is 23.2 Å². The fourth-order valence-corrected chi connectivity index (χ4v) is 5.90. The standard InChI is InChI=1S/C31H27Cl2N5O2/c1-36(2)15-8-16-38-26-14-6-4-10-20(26)29(35-38)28-27(30(39)34-31(28)40)21-17-37(25-13-5-3-9-19(21)25)18-22-23(32)11-7-12-24(22)33/h3-7,9-14,17H,8,15-16,18H2,1-2H3,(H,34,39,40). The monoisotopic (exact) mass is 571 g/mol. The number of hydrogen-bond acceptors (Lipinski definition) is 4. The van der Waals surface area contributed by atoms with E-state index >= 15 is 0 Å². The first-order valence-corrected chi connectivity index (χ1v) is 13.8. The average Bonchev–Trinajstić information content (AvgIpc) is 3.56. The highest BCUT2D eigenvalue weighted by molar-refractivity contribution is 6.50. The summed E-state index contributed by atoms with van der Waals surface area (Å²) in [6.45, 7) is 2.00. The number of aromatic nitrogens is 3. The van der Waals surface area contributed by atoms with E-state index in [4.69, 9.17) is 28.3 Å². The third kappa shape index (κ3) is 4.60. The van der Waals surface area contributed by atoms with Crippen molar-refractivity contribution in [1.29, 1.82) is 0 Å². The molecule has 7 nitrogen and oxygen atoms in total. The van der Waals surface area contributed by atoms with Crippen molar-refractivity contribution >= 4 is 68.0 Å². The summed E-state index contributed by atoms with van der Waals surface area (Å²) in [7, 11) is 4.07. The number of fused-ring (bicyclic) bond motifs is 2. The first-order valence-electron chi connectivity index (χ1n) is 13.0. The second-order valence-corrected chi connectivity index (χ2v) is 11.0. The molecule has 0 bridgehead atoms. The number of carbonyl (C=O) groups excluding carboxylic acids is 2. The van der Waals surface area contributed by atoms with E-state index in [1.54, 1.807) is 12.1 Å². The van der Waals surface area contributed by atoms with E-state index in [9.17, 15) is 9.59 Å². The first-order chi connectivity index (χ1) is 19.3. The molecule has 3 aromatic carbocycles. The summed E-state index contributed by atoms with van der Waals surface area (Å²) < 4.78 is 3.94. The number of carbonyl (C=O) groups is 2. The van der Waals surface area contributed by atoms with Gasteiger partial charge in [-0.1, -0.05) is 65.7 Å². The van der Waals surface area contributed by atoms with Crippen molar-refractivity contribution in [2.45, 2.75) is 19.5 Å². The molecule has 5 aromatic rings. The Morgan fingerprint density at radius 2 is 1.48 bits per heavy atom. The van der Waals surface area contributed by atoms with E-state index in [-0.39, 0.29) is 5.57 Å². The average molecular weight is 572 g/mol. The van der Waals surface area contributed by atoms with Crippen molar-refractivity contribution in [1.82, 2.24) is 24.6 Å². The van der Waals surface area contributed by atoms with Crippen molar-refractivity contribution in [2.75, 3.05) is 20.6 Å². The van der Waals surface area contributed by atoms with E-state index in [1.807, 2.05) is 84.1 Å². The molecular weight excluding hydrogens is 545 g/mol. The van der Waals surface area contributed by atoms with Crippen LogP contribution in [0.3, 0.4) is 0 Å². The van der Waals surface area contributed by atoms with E-state index < -0.39 is 11.8 Å². The Labute approximate surface area is 241 Å². The molecule has 2 amide bonds. The highest BCUT2D eigenvalue weighted by Crippen LogP contribution is 2.38. The zero-order valence-electron chi connectivity index (χ0n) is 22.1. The Hall–Kier alpha value is -3.91. The molecule has 6 rings (SSSR count). The molecule has 0 spiro atoms. The summed E-state index contributed by atoms with van der Waals surface area (Å²) in [6.07, 6.45) is 2.79. The molecule has 0 unspecified atom stereocenters. The van der Waals surface area contributed by atoms with Crippen LogP contribution in [0.2, 0.25) is 10.0 Å². The molecule has 1 aliphatic rings. The van der Waals surface area contributed by atoms with Crippen LogP contribution in [0.5, 0.6) is 0 Å². The van der Waals surface area contributed by atoms with Gasteiger partial charge in [0.1, 0.15) is 5.69 Å². The third-order valence-corrected chi connectivity index (χ3v) is 7.96. The van der Waals surface area contributed by atoms with Crippen LogP contribution in [0, 0.1) is 0 Å². The van der Waals surface area contributed by atoms with Crippen LogP contribution in [0.25, 0.3) is 33.0 Å². The predicted octanol–water partition coefficient (Wildman–Crippen LogP) is 5.87. The van der Waals surface area contributed by atoms with Crippen molar-refractivity contribution in [2.24, 2.45) is 0 Å². The molecule has 1 N–H and O–H groups in total. The number of benzene rings is 3. The Balaban J connectivity index is 1.53. The number of aryl methyl sites for hydroxylation is 1. The lowest BCUT2D eigenvalue weighted by molar-refractivity contribution is -0.122. The maximum atomic E-state index is 13.4. The number of halogens is 2. The van der Waals surface area contributed by atoms with Gasteiger partial charge in [-0.05, 0) is 51.3 Å². The van der Waals surface area contributed by atoms with Gasteiger partial charge in [0.2, 0.25) is 0 Å². The van der Waals surface area contributed by atoms with Crippen LogP contribution in [0.1, 0.15) is 23.2 Å². The molecule has 1 aliphatic heterocycles. The van der Waals surface area contributed by atoms with Gasteiger partial charge in [-0.3, -0.25) is 19.6 Å². The molecule has 3 heterocycles. The molecule has 0 radical (unpaired) electrons. The van der Waals surface area contributed by atoms with E-state index in [0.717, 1.165) is 40.3 Å². The Kier molecular flexibility index (Phi) is 6.96. The van der Waals surface area contributed by atoms with Gasteiger partial charge in [-0.15, -0.1) is 0 Å². The van der Waals surface area contributed by atoms with Gasteiger partial charge in [0, 0.05) is 50.2 Å². The lowest BCUT2D eigenvalue weighted by Crippen LogP contribution is -2.22. The van der Waals surface area contributed by atoms with Gasteiger partial charge in [-0.25, -0.2) is 0 Å². The van der Waals surface area contributed by atoms with Crippen LogP contribution in [0.4, 0.5) is 0 Å². The van der Waals surface area contributed by atoms with Crippen molar-refractivity contribution < 1.29 is 9.59 Å². The fourth-order valence-electron chi connectivity index (χ4n) is 5.39. The molecule has 0 atom stereocenters. The topological polar surface area (TPSA) is 72.2 Å². The lowest BCUT2D eigenvalue weighted by Gasteiger charge is -2.09. The maximum absolute atomic E-state index is 13.4. The summed E-state index contributed by atoms with van der Waals surface area (Å²) in [4.78, 5) is 28.9. The van der Waals surface area contributed by atoms with Crippen LogP contribution < -0.4 is 5.32 Å². The summed E-state index contributed by atoms with van der Waals surface area (Å²) in [5.41, 5.74) is 4.35. The zero-order chi connectivity index (χ0) is 28.0. The molecular formula is C31H27Cl2N5O2. The number of nitrogens with one attached hydrogen (secondary N) is 1. The number of imide groups is 1. The smallest absolute Gasteiger partial charge is 0.261 e. The number of para-hydroxylation sites is 2. The first kappa shape index (κ1) is 26.3. The van der Waals surface area contributed by atoms with Gasteiger partial charge in [0.05, 0.1) is 23.2 Å². The highest BCUT2D eigenvalue weighted by atomic mass is 35.5. The molecule has 0 fully saturated rings. The second kappa shape index (κ2) is 10.6.